The number of hydrogen-bond donors (Lipinski definition) is 2. The van der Waals surface area contributed by atoms with E-state index in [1.165, 1.54) is 0 Å². The van der Waals surface area contributed by atoms with Crippen molar-refractivity contribution in [3.63, 3.8) is 0 Å². The Morgan fingerprint density at radius 3 is 2.86 bits per heavy atom. The zero-order valence-electron chi connectivity index (χ0n) is 7.82. The summed E-state index contributed by atoms with van der Waals surface area (Å²) in [6.45, 7) is 2.00. The van der Waals surface area contributed by atoms with Crippen LogP contribution >= 0.6 is 12.6 Å². The van der Waals surface area contributed by atoms with Crippen LogP contribution in [0.15, 0.2) is 18.2 Å². The Labute approximate surface area is 91.7 Å². The Morgan fingerprint density at radius 2 is 2.29 bits per heavy atom. The molecule has 3 nitrogen and oxygen atoms in total. The molecule has 0 spiro atoms. The Bertz CT molecular complexity index is 342. The van der Waals surface area contributed by atoms with Gasteiger partial charge in [-0.1, -0.05) is 6.07 Å². The van der Waals surface area contributed by atoms with E-state index in [0.717, 1.165) is 23.3 Å². The molecule has 0 radical (unpaired) electrons. The van der Waals surface area contributed by atoms with Crippen molar-refractivity contribution >= 4 is 29.6 Å². The fourth-order valence-corrected chi connectivity index (χ4v) is 1.78. The Kier molecular flexibility index (Phi) is 4.44. The smallest absolute Gasteiger partial charge is 0.0455 e. The molecule has 14 heavy (non-hydrogen) atoms. The molecule has 1 N–H and O–H groups in total. The lowest BCUT2D eigenvalue weighted by Gasteiger charge is -2.11. The van der Waals surface area contributed by atoms with E-state index in [1.54, 1.807) is 6.07 Å². The summed E-state index contributed by atoms with van der Waals surface area (Å²) < 4.78 is 23.1. The third-order valence-electron chi connectivity index (χ3n) is 1.93. The predicted octanol–water partition coefficient (Wildman–Crippen LogP) is 1.67. The second-order valence-electron chi connectivity index (χ2n) is 2.95. The average molecular weight is 230 g/mol. The van der Waals surface area contributed by atoms with Crippen LogP contribution in [-0.4, -0.2) is 14.5 Å². The van der Waals surface area contributed by atoms with Gasteiger partial charge in [0.25, 0.3) is 0 Å². The van der Waals surface area contributed by atoms with E-state index in [4.69, 9.17) is 0 Å². The summed E-state index contributed by atoms with van der Waals surface area (Å²) in [7, 11) is 0. The minimum atomic E-state index is -2.25. The summed E-state index contributed by atoms with van der Waals surface area (Å²) in [5, 5.41) is 0. The maximum Gasteiger partial charge on any atom is 0.0455 e. The quantitative estimate of drug-likeness (QED) is 0.610. The van der Waals surface area contributed by atoms with Gasteiger partial charge in [-0.3, -0.25) is 4.21 Å². The first kappa shape index (κ1) is 11.6. The number of rotatable bonds is 4. The highest BCUT2D eigenvalue weighted by Crippen LogP contribution is 2.16. The molecule has 0 bridgehead atoms. The largest absolute Gasteiger partial charge is 0.755 e. The highest BCUT2D eigenvalue weighted by molar-refractivity contribution is 7.80. The van der Waals surface area contributed by atoms with Gasteiger partial charge in [-0.15, -0.1) is 0 Å². The molecule has 0 aliphatic rings. The molecular formula is C9H12NO2S2-. The monoisotopic (exact) mass is 230 g/mol. The zero-order chi connectivity index (χ0) is 10.6. The van der Waals surface area contributed by atoms with Gasteiger partial charge in [0, 0.05) is 17.0 Å². The molecule has 1 aromatic rings. The maximum absolute atomic E-state index is 10.4. The molecule has 0 heterocycles. The molecule has 0 aliphatic heterocycles. The molecule has 1 atom stereocenters. The molecule has 1 unspecified atom stereocenters. The van der Waals surface area contributed by atoms with Crippen molar-refractivity contribution in [1.29, 1.82) is 0 Å². The number of thiol groups is 1. The van der Waals surface area contributed by atoms with Crippen molar-refractivity contribution in [3.8, 4) is 0 Å². The number of nitrogens with one attached hydrogen (secondary N) is 1. The van der Waals surface area contributed by atoms with Crippen LogP contribution in [0.4, 0.5) is 5.69 Å². The summed E-state index contributed by atoms with van der Waals surface area (Å²) in [4.78, 5) is 0. The second kappa shape index (κ2) is 5.38. The SMILES string of the molecule is Cc1ccc(NS(=O)[O-])cc1CCS. The van der Waals surface area contributed by atoms with E-state index < -0.39 is 11.3 Å². The molecule has 5 heteroatoms. The third kappa shape index (κ3) is 3.32. The molecule has 1 rings (SSSR count). The van der Waals surface area contributed by atoms with Crippen LogP contribution in [0.25, 0.3) is 0 Å². The van der Waals surface area contributed by atoms with Crippen LogP contribution in [0, 0.1) is 6.92 Å². The van der Waals surface area contributed by atoms with Gasteiger partial charge < -0.3 is 9.27 Å². The van der Waals surface area contributed by atoms with Crippen molar-refractivity contribution < 1.29 is 8.76 Å². The first-order chi connectivity index (χ1) is 6.63. The minimum Gasteiger partial charge on any atom is -0.755 e. The van der Waals surface area contributed by atoms with Crippen LogP contribution in [0.2, 0.25) is 0 Å². The standard InChI is InChI=1S/C9H13NO2S2/c1-7-2-3-9(10-14(11)12)6-8(7)4-5-13/h2-3,6,10,13H,4-5H2,1H3,(H,11,12)/p-1. The molecule has 78 valence electrons. The summed E-state index contributed by atoms with van der Waals surface area (Å²) >= 11 is 1.89. The average Bonchev–Trinajstić information content (AvgIpc) is 2.10. The lowest BCUT2D eigenvalue weighted by atomic mass is 10.1. The highest BCUT2D eigenvalue weighted by atomic mass is 32.2. The normalized spacial score (nSPS) is 12.5. The first-order valence-corrected chi connectivity index (χ1v) is 5.90. The minimum absolute atomic E-state index is 0.598. The third-order valence-corrected chi connectivity index (χ3v) is 2.56. The lowest BCUT2D eigenvalue weighted by Crippen LogP contribution is -2.03. The summed E-state index contributed by atoms with van der Waals surface area (Å²) in [6.07, 6.45) is 0.843. The Morgan fingerprint density at radius 1 is 1.57 bits per heavy atom. The fourth-order valence-electron chi connectivity index (χ4n) is 1.22. The van der Waals surface area contributed by atoms with E-state index in [-0.39, 0.29) is 0 Å². The van der Waals surface area contributed by atoms with Crippen molar-refractivity contribution in [3.05, 3.63) is 29.3 Å². The van der Waals surface area contributed by atoms with E-state index in [9.17, 15) is 8.76 Å². The molecule has 0 saturated heterocycles. The van der Waals surface area contributed by atoms with Gasteiger partial charge in [-0.2, -0.15) is 12.6 Å². The van der Waals surface area contributed by atoms with Gasteiger partial charge in [0.05, 0.1) is 0 Å². The number of benzene rings is 1. The number of anilines is 1. The molecule has 0 saturated carbocycles. The lowest BCUT2D eigenvalue weighted by molar-refractivity contribution is 0.542. The van der Waals surface area contributed by atoms with E-state index in [1.807, 2.05) is 19.1 Å². The van der Waals surface area contributed by atoms with Crippen LogP contribution in [0.5, 0.6) is 0 Å². The van der Waals surface area contributed by atoms with Crippen molar-refractivity contribution in [2.24, 2.45) is 0 Å². The van der Waals surface area contributed by atoms with Crippen LogP contribution in [0.3, 0.4) is 0 Å². The van der Waals surface area contributed by atoms with E-state index >= 15 is 0 Å². The molecule has 0 amide bonds. The van der Waals surface area contributed by atoms with Gasteiger partial charge in [-0.25, -0.2) is 0 Å². The summed E-state index contributed by atoms with van der Waals surface area (Å²) in [5.74, 6) is 0.755. The Hall–Kier alpha value is -0.520. The maximum atomic E-state index is 10.4. The Balaban J connectivity index is 2.88. The molecular weight excluding hydrogens is 218 g/mol. The molecule has 1 aromatic carbocycles. The summed E-state index contributed by atoms with van der Waals surface area (Å²) in [5.41, 5.74) is 2.87. The topological polar surface area (TPSA) is 52.2 Å². The van der Waals surface area contributed by atoms with Crippen molar-refractivity contribution in [1.82, 2.24) is 0 Å². The molecule has 0 aromatic heterocycles. The van der Waals surface area contributed by atoms with Crippen LogP contribution in [0.1, 0.15) is 11.1 Å². The van der Waals surface area contributed by atoms with Gasteiger partial charge >= 0.3 is 0 Å². The van der Waals surface area contributed by atoms with Gasteiger partial charge in [0.2, 0.25) is 0 Å². The van der Waals surface area contributed by atoms with Crippen molar-refractivity contribution in [2.75, 3.05) is 10.5 Å². The van der Waals surface area contributed by atoms with E-state index in [0.29, 0.717) is 5.69 Å². The highest BCUT2D eigenvalue weighted by Gasteiger charge is 1.99. The zero-order valence-corrected chi connectivity index (χ0v) is 9.53. The second-order valence-corrected chi connectivity index (χ2v) is 4.07. The summed E-state index contributed by atoms with van der Waals surface area (Å²) in [6, 6.07) is 5.47. The molecule has 0 fully saturated rings. The van der Waals surface area contributed by atoms with Crippen LogP contribution in [-0.2, 0) is 17.7 Å². The van der Waals surface area contributed by atoms with E-state index in [2.05, 4.69) is 17.4 Å². The molecule has 0 aliphatic carbocycles. The van der Waals surface area contributed by atoms with Crippen molar-refractivity contribution in [2.45, 2.75) is 13.3 Å². The van der Waals surface area contributed by atoms with Gasteiger partial charge in [-0.05, 0) is 42.4 Å². The van der Waals surface area contributed by atoms with Crippen LogP contribution < -0.4 is 4.72 Å². The first-order valence-electron chi connectivity index (χ1n) is 4.20. The fraction of sp³-hybridized carbons (Fsp3) is 0.333. The predicted molar refractivity (Wildman–Crippen MR) is 61.3 cm³/mol. The van der Waals surface area contributed by atoms with Gasteiger partial charge in [0.15, 0.2) is 0 Å². The number of hydrogen-bond acceptors (Lipinski definition) is 3. The van der Waals surface area contributed by atoms with Gasteiger partial charge in [0.1, 0.15) is 0 Å². The number of aryl methyl sites for hydroxylation is 2.